The Kier molecular flexibility index (Phi) is 8.04. The summed E-state index contributed by atoms with van der Waals surface area (Å²) in [5, 5.41) is 7.12. The Labute approximate surface area is 177 Å². The van der Waals surface area contributed by atoms with Crippen molar-refractivity contribution in [2.24, 2.45) is 0 Å². The second-order valence-corrected chi connectivity index (χ2v) is 7.09. The van der Waals surface area contributed by atoms with E-state index >= 15 is 0 Å². The Hall–Kier alpha value is -2.89. The molecule has 0 bridgehead atoms. The standard InChI is InChI=1S/C24H26N2O2S/c1-27-23-12-10-19(11-13-23)15-25-24(29)26-16-21-8-5-9-22(14-21)18-28-17-20-6-3-2-4-7-20/h2-14H,15-18H2,1H3,(H2,25,26,29). The van der Waals surface area contributed by atoms with Crippen LogP contribution >= 0.6 is 12.2 Å². The van der Waals surface area contributed by atoms with E-state index in [1.807, 2.05) is 48.5 Å². The fraction of sp³-hybridized carbons (Fsp3) is 0.208. The summed E-state index contributed by atoms with van der Waals surface area (Å²) in [7, 11) is 1.66. The van der Waals surface area contributed by atoms with E-state index in [2.05, 4.69) is 41.0 Å². The van der Waals surface area contributed by atoms with Crippen LogP contribution in [-0.4, -0.2) is 12.2 Å². The molecule has 3 aromatic rings. The van der Waals surface area contributed by atoms with Crippen LogP contribution in [0.2, 0.25) is 0 Å². The van der Waals surface area contributed by atoms with E-state index < -0.39 is 0 Å². The maximum atomic E-state index is 5.82. The lowest BCUT2D eigenvalue weighted by Gasteiger charge is -2.12. The Morgan fingerprint density at radius 3 is 2.07 bits per heavy atom. The number of benzene rings is 3. The summed E-state index contributed by atoms with van der Waals surface area (Å²) >= 11 is 5.39. The van der Waals surface area contributed by atoms with E-state index in [0.717, 1.165) is 16.9 Å². The summed E-state index contributed by atoms with van der Waals surface area (Å²) in [6.45, 7) is 2.54. The number of thiocarbonyl (C=S) groups is 1. The summed E-state index contributed by atoms with van der Waals surface area (Å²) in [5.74, 6) is 0.849. The van der Waals surface area contributed by atoms with E-state index in [9.17, 15) is 0 Å². The summed E-state index contributed by atoms with van der Waals surface area (Å²) < 4.78 is 11.0. The highest BCUT2D eigenvalue weighted by Crippen LogP contribution is 2.11. The zero-order chi connectivity index (χ0) is 20.3. The highest BCUT2D eigenvalue weighted by atomic mass is 32.1. The fourth-order valence-corrected chi connectivity index (χ4v) is 3.01. The molecule has 0 atom stereocenters. The van der Waals surface area contributed by atoms with Crippen LogP contribution in [-0.2, 0) is 31.0 Å². The van der Waals surface area contributed by atoms with Crippen molar-refractivity contribution in [2.75, 3.05) is 7.11 Å². The van der Waals surface area contributed by atoms with Crippen LogP contribution in [0, 0.1) is 0 Å². The van der Waals surface area contributed by atoms with Crippen LogP contribution in [0.25, 0.3) is 0 Å². The molecule has 29 heavy (non-hydrogen) atoms. The summed E-state index contributed by atoms with van der Waals surface area (Å²) in [5.41, 5.74) is 4.64. The normalized spacial score (nSPS) is 10.4. The van der Waals surface area contributed by atoms with Crippen LogP contribution in [0.15, 0.2) is 78.9 Å². The van der Waals surface area contributed by atoms with Gasteiger partial charge in [0.25, 0.3) is 0 Å². The lowest BCUT2D eigenvalue weighted by Crippen LogP contribution is -2.34. The predicted octanol–water partition coefficient (Wildman–Crippen LogP) is 4.58. The van der Waals surface area contributed by atoms with Crippen molar-refractivity contribution >= 4 is 17.3 Å². The molecule has 4 nitrogen and oxygen atoms in total. The van der Waals surface area contributed by atoms with Gasteiger partial charge in [-0.1, -0.05) is 66.7 Å². The molecule has 0 aliphatic carbocycles. The van der Waals surface area contributed by atoms with Gasteiger partial charge in [0.2, 0.25) is 0 Å². The Morgan fingerprint density at radius 2 is 1.34 bits per heavy atom. The highest BCUT2D eigenvalue weighted by molar-refractivity contribution is 7.80. The van der Waals surface area contributed by atoms with Gasteiger partial charge in [-0.2, -0.15) is 0 Å². The largest absolute Gasteiger partial charge is 0.497 e. The average molecular weight is 407 g/mol. The van der Waals surface area contributed by atoms with Crippen LogP contribution in [0.5, 0.6) is 5.75 Å². The molecule has 0 amide bonds. The molecule has 0 saturated carbocycles. The molecule has 3 rings (SSSR count). The van der Waals surface area contributed by atoms with Crippen molar-refractivity contribution in [1.29, 1.82) is 0 Å². The molecule has 0 spiro atoms. The number of methoxy groups -OCH3 is 1. The van der Waals surface area contributed by atoms with Gasteiger partial charge < -0.3 is 20.1 Å². The zero-order valence-electron chi connectivity index (χ0n) is 16.6. The number of hydrogen-bond donors (Lipinski definition) is 2. The van der Waals surface area contributed by atoms with Crippen molar-refractivity contribution in [2.45, 2.75) is 26.3 Å². The first kappa shape index (κ1) is 20.8. The van der Waals surface area contributed by atoms with Gasteiger partial charge in [-0.15, -0.1) is 0 Å². The van der Waals surface area contributed by atoms with E-state index in [0.29, 0.717) is 31.4 Å². The monoisotopic (exact) mass is 406 g/mol. The molecule has 0 saturated heterocycles. The third kappa shape index (κ3) is 7.22. The molecular weight excluding hydrogens is 380 g/mol. The SMILES string of the molecule is COc1ccc(CNC(=S)NCc2cccc(COCc3ccccc3)c2)cc1. The minimum absolute atomic E-state index is 0.586. The molecule has 0 fully saturated rings. The predicted molar refractivity (Wildman–Crippen MR) is 121 cm³/mol. The van der Waals surface area contributed by atoms with Gasteiger partial charge >= 0.3 is 0 Å². The van der Waals surface area contributed by atoms with Crippen LogP contribution in [0.3, 0.4) is 0 Å². The van der Waals surface area contributed by atoms with Gasteiger partial charge in [0.1, 0.15) is 5.75 Å². The first-order valence-electron chi connectivity index (χ1n) is 9.57. The number of rotatable bonds is 9. The lowest BCUT2D eigenvalue weighted by molar-refractivity contribution is 0.107. The molecule has 3 aromatic carbocycles. The first-order chi connectivity index (χ1) is 14.2. The van der Waals surface area contributed by atoms with Crippen LogP contribution in [0.1, 0.15) is 22.3 Å². The summed E-state index contributed by atoms with van der Waals surface area (Å²) in [4.78, 5) is 0. The van der Waals surface area contributed by atoms with E-state index in [4.69, 9.17) is 21.7 Å². The minimum atomic E-state index is 0.586. The third-order valence-corrected chi connectivity index (χ3v) is 4.73. The van der Waals surface area contributed by atoms with Gasteiger partial charge in [-0.25, -0.2) is 0 Å². The van der Waals surface area contributed by atoms with Crippen LogP contribution in [0.4, 0.5) is 0 Å². The molecule has 0 heterocycles. The smallest absolute Gasteiger partial charge is 0.166 e. The third-order valence-electron chi connectivity index (χ3n) is 4.44. The molecule has 5 heteroatoms. The van der Waals surface area contributed by atoms with Crippen molar-refractivity contribution in [3.05, 3.63) is 101 Å². The van der Waals surface area contributed by atoms with E-state index in [1.165, 1.54) is 11.1 Å². The summed E-state index contributed by atoms with van der Waals surface area (Å²) in [6, 6.07) is 26.5. The van der Waals surface area contributed by atoms with Gasteiger partial charge in [0.05, 0.1) is 20.3 Å². The van der Waals surface area contributed by atoms with Crippen molar-refractivity contribution in [1.82, 2.24) is 10.6 Å². The molecule has 150 valence electrons. The van der Waals surface area contributed by atoms with Gasteiger partial charge in [-0.3, -0.25) is 0 Å². The zero-order valence-corrected chi connectivity index (χ0v) is 17.4. The van der Waals surface area contributed by atoms with E-state index in [1.54, 1.807) is 7.11 Å². The van der Waals surface area contributed by atoms with Crippen molar-refractivity contribution in [3.8, 4) is 5.75 Å². The Balaban J connectivity index is 1.40. The van der Waals surface area contributed by atoms with Crippen LogP contribution < -0.4 is 15.4 Å². The van der Waals surface area contributed by atoms with Gasteiger partial charge in [0, 0.05) is 13.1 Å². The maximum absolute atomic E-state index is 5.82. The second-order valence-electron chi connectivity index (χ2n) is 6.68. The Bertz CT molecular complexity index is 898. The second kappa shape index (κ2) is 11.2. The molecule has 2 N–H and O–H groups in total. The lowest BCUT2D eigenvalue weighted by atomic mass is 10.1. The number of nitrogens with one attached hydrogen (secondary N) is 2. The summed E-state index contributed by atoms with van der Waals surface area (Å²) in [6.07, 6.45) is 0. The molecule has 0 aliphatic heterocycles. The molecular formula is C24H26N2O2S. The topological polar surface area (TPSA) is 42.5 Å². The highest BCUT2D eigenvalue weighted by Gasteiger charge is 2.01. The van der Waals surface area contributed by atoms with Gasteiger partial charge in [0.15, 0.2) is 5.11 Å². The Morgan fingerprint density at radius 1 is 0.724 bits per heavy atom. The molecule has 0 aliphatic rings. The number of hydrogen-bond acceptors (Lipinski definition) is 3. The molecule has 0 aromatic heterocycles. The van der Waals surface area contributed by atoms with Crippen molar-refractivity contribution in [3.63, 3.8) is 0 Å². The van der Waals surface area contributed by atoms with Gasteiger partial charge in [-0.05, 0) is 46.6 Å². The quantitative estimate of drug-likeness (QED) is 0.509. The van der Waals surface area contributed by atoms with Crippen molar-refractivity contribution < 1.29 is 9.47 Å². The number of ether oxygens (including phenoxy) is 2. The minimum Gasteiger partial charge on any atom is -0.497 e. The molecule has 0 radical (unpaired) electrons. The van der Waals surface area contributed by atoms with E-state index in [-0.39, 0.29) is 0 Å². The molecule has 0 unspecified atom stereocenters. The fourth-order valence-electron chi connectivity index (χ4n) is 2.86. The first-order valence-corrected chi connectivity index (χ1v) is 9.98. The maximum Gasteiger partial charge on any atom is 0.166 e. The average Bonchev–Trinajstić information content (AvgIpc) is 2.77.